The first-order valence-corrected chi connectivity index (χ1v) is 9.63. The first-order valence-electron chi connectivity index (χ1n) is 6.27. The maximum atomic E-state index is 11.0. The molecule has 1 aliphatic heterocycles. The Balaban J connectivity index is 2.53. The first kappa shape index (κ1) is 18.6. The number of ether oxygens (including phenoxy) is 3. The number of halogens is 3. The minimum Gasteiger partial charge on any atom is -0.456 e. The molecule has 20 heavy (non-hydrogen) atoms. The van der Waals surface area contributed by atoms with E-state index in [4.69, 9.17) is 14.2 Å². The lowest BCUT2D eigenvalue weighted by Gasteiger charge is -2.33. The molecule has 0 N–H and O–H groups in total. The van der Waals surface area contributed by atoms with Crippen LogP contribution >= 0.6 is 47.8 Å². The lowest BCUT2D eigenvalue weighted by molar-refractivity contribution is -0.186. The number of alkyl halides is 3. The van der Waals surface area contributed by atoms with Crippen molar-refractivity contribution in [1.29, 1.82) is 0 Å². The van der Waals surface area contributed by atoms with E-state index >= 15 is 0 Å². The SMILES string of the molecule is CC(=O)O[C@@H]1C=C[C@@H](OCC(CBr)(CBr)CBr)O[C@H]1C. The highest BCUT2D eigenvalue weighted by atomic mass is 79.9. The molecule has 0 saturated heterocycles. The van der Waals surface area contributed by atoms with Crippen LogP contribution in [-0.2, 0) is 19.0 Å². The Morgan fingerprint density at radius 1 is 1.25 bits per heavy atom. The smallest absolute Gasteiger partial charge is 0.303 e. The van der Waals surface area contributed by atoms with Crippen LogP contribution in [0.2, 0.25) is 0 Å². The molecule has 0 spiro atoms. The molecule has 0 saturated carbocycles. The van der Waals surface area contributed by atoms with Crippen LogP contribution in [0.25, 0.3) is 0 Å². The van der Waals surface area contributed by atoms with Crippen molar-refractivity contribution in [2.45, 2.75) is 32.3 Å². The Hall–Kier alpha value is 0.570. The van der Waals surface area contributed by atoms with Gasteiger partial charge in [0.25, 0.3) is 0 Å². The Kier molecular flexibility index (Phi) is 8.27. The number of rotatable bonds is 7. The lowest BCUT2D eigenvalue weighted by atomic mass is 9.98. The summed E-state index contributed by atoms with van der Waals surface area (Å²) in [6.45, 7) is 3.80. The summed E-state index contributed by atoms with van der Waals surface area (Å²) in [5.41, 5.74) is -0.0207. The van der Waals surface area contributed by atoms with Gasteiger partial charge >= 0.3 is 5.97 Å². The molecule has 0 unspecified atom stereocenters. The zero-order valence-electron chi connectivity index (χ0n) is 11.5. The van der Waals surface area contributed by atoms with Gasteiger partial charge in [0.05, 0.1) is 12.7 Å². The van der Waals surface area contributed by atoms with Gasteiger partial charge in [-0.15, -0.1) is 0 Å². The average Bonchev–Trinajstić information content (AvgIpc) is 2.43. The maximum absolute atomic E-state index is 11.0. The standard InChI is InChI=1S/C13H19Br3O4/c1-9-11(20-10(2)17)3-4-12(19-9)18-8-13(5-14,6-15)7-16/h3-4,9,11-12H,5-8H2,1-2H3/t9-,11+,12-/m0/s1. The summed E-state index contributed by atoms with van der Waals surface area (Å²) in [6.07, 6.45) is 2.63. The van der Waals surface area contributed by atoms with Gasteiger partial charge in [0, 0.05) is 28.3 Å². The van der Waals surface area contributed by atoms with Crippen LogP contribution in [0.4, 0.5) is 0 Å². The van der Waals surface area contributed by atoms with Gasteiger partial charge in [0.1, 0.15) is 6.10 Å². The van der Waals surface area contributed by atoms with Gasteiger partial charge in [-0.3, -0.25) is 4.79 Å². The third-order valence-corrected chi connectivity index (χ3v) is 6.54. The number of carbonyl (C=O) groups excluding carboxylic acids is 1. The van der Waals surface area contributed by atoms with Crippen molar-refractivity contribution in [3.05, 3.63) is 12.2 Å². The summed E-state index contributed by atoms with van der Waals surface area (Å²) < 4.78 is 16.6. The Morgan fingerprint density at radius 2 is 1.85 bits per heavy atom. The zero-order chi connectivity index (χ0) is 15.2. The molecule has 7 heteroatoms. The van der Waals surface area contributed by atoms with Crippen LogP contribution in [0.5, 0.6) is 0 Å². The topological polar surface area (TPSA) is 44.8 Å². The van der Waals surface area contributed by atoms with E-state index in [0.29, 0.717) is 6.61 Å². The number of esters is 1. The fourth-order valence-corrected chi connectivity index (χ4v) is 4.87. The van der Waals surface area contributed by atoms with Gasteiger partial charge in [-0.05, 0) is 19.1 Å². The van der Waals surface area contributed by atoms with Crippen molar-refractivity contribution in [3.63, 3.8) is 0 Å². The Bertz CT molecular complexity index is 336. The van der Waals surface area contributed by atoms with Crippen molar-refractivity contribution < 1.29 is 19.0 Å². The summed E-state index contributed by atoms with van der Waals surface area (Å²) >= 11 is 10.5. The predicted molar refractivity (Wildman–Crippen MR) is 88.8 cm³/mol. The first-order chi connectivity index (χ1) is 9.46. The van der Waals surface area contributed by atoms with Crippen molar-refractivity contribution in [1.82, 2.24) is 0 Å². The van der Waals surface area contributed by atoms with Gasteiger partial charge < -0.3 is 14.2 Å². The van der Waals surface area contributed by atoms with E-state index in [1.165, 1.54) is 6.92 Å². The lowest BCUT2D eigenvalue weighted by Crippen LogP contribution is -2.40. The van der Waals surface area contributed by atoms with Crippen molar-refractivity contribution >= 4 is 53.8 Å². The second-order valence-electron chi connectivity index (χ2n) is 4.88. The number of hydrogen-bond donors (Lipinski definition) is 0. The molecule has 4 nitrogen and oxygen atoms in total. The van der Waals surface area contributed by atoms with Gasteiger partial charge in [-0.2, -0.15) is 0 Å². The molecule has 0 radical (unpaired) electrons. The summed E-state index contributed by atoms with van der Waals surface area (Å²) in [4.78, 5) is 11.0. The number of hydrogen-bond acceptors (Lipinski definition) is 4. The highest BCUT2D eigenvalue weighted by molar-refractivity contribution is 9.10. The van der Waals surface area contributed by atoms with E-state index in [9.17, 15) is 4.79 Å². The highest BCUT2D eigenvalue weighted by Gasteiger charge is 2.31. The summed E-state index contributed by atoms with van der Waals surface area (Å²) in [5, 5.41) is 2.45. The molecule has 1 aliphatic rings. The van der Waals surface area contributed by atoms with Crippen LogP contribution in [0.3, 0.4) is 0 Å². The maximum Gasteiger partial charge on any atom is 0.303 e. The minimum absolute atomic E-state index is 0.0207. The van der Waals surface area contributed by atoms with Crippen LogP contribution in [0.1, 0.15) is 13.8 Å². The van der Waals surface area contributed by atoms with Gasteiger partial charge in [-0.25, -0.2) is 0 Å². The van der Waals surface area contributed by atoms with Crippen LogP contribution in [-0.4, -0.2) is 47.1 Å². The predicted octanol–water partition coefficient (Wildman–Crippen LogP) is 3.41. The summed E-state index contributed by atoms with van der Waals surface area (Å²) in [5.74, 6) is -0.314. The molecular weight excluding hydrogens is 460 g/mol. The van der Waals surface area contributed by atoms with Crippen molar-refractivity contribution in [3.8, 4) is 0 Å². The normalized spacial score (nSPS) is 26.6. The van der Waals surface area contributed by atoms with E-state index in [2.05, 4.69) is 47.8 Å². The Labute approximate surface area is 145 Å². The van der Waals surface area contributed by atoms with E-state index in [-0.39, 0.29) is 23.6 Å². The largest absolute Gasteiger partial charge is 0.456 e. The molecule has 0 amide bonds. The molecule has 0 fully saturated rings. The van der Waals surface area contributed by atoms with Crippen LogP contribution < -0.4 is 0 Å². The van der Waals surface area contributed by atoms with E-state index in [0.717, 1.165) is 16.0 Å². The monoisotopic (exact) mass is 476 g/mol. The molecule has 0 bridgehead atoms. The third-order valence-electron chi connectivity index (χ3n) is 2.98. The fraction of sp³-hybridized carbons (Fsp3) is 0.769. The summed E-state index contributed by atoms with van der Waals surface area (Å²) in [7, 11) is 0. The fourth-order valence-electron chi connectivity index (χ4n) is 1.59. The van der Waals surface area contributed by atoms with Crippen LogP contribution in [0.15, 0.2) is 12.2 Å². The van der Waals surface area contributed by atoms with Crippen molar-refractivity contribution in [2.24, 2.45) is 5.41 Å². The number of carbonyl (C=O) groups is 1. The third kappa shape index (κ3) is 5.40. The molecule has 0 aromatic carbocycles. The van der Waals surface area contributed by atoms with Crippen LogP contribution in [0, 0.1) is 5.41 Å². The average molecular weight is 479 g/mol. The van der Waals surface area contributed by atoms with E-state index in [1.807, 2.05) is 13.0 Å². The molecule has 0 aliphatic carbocycles. The van der Waals surface area contributed by atoms with E-state index in [1.54, 1.807) is 6.08 Å². The second-order valence-corrected chi connectivity index (χ2v) is 6.56. The van der Waals surface area contributed by atoms with E-state index < -0.39 is 6.29 Å². The molecule has 116 valence electrons. The molecule has 1 rings (SSSR count). The molecule has 0 aromatic rings. The van der Waals surface area contributed by atoms with Crippen molar-refractivity contribution in [2.75, 3.05) is 22.6 Å². The summed E-state index contributed by atoms with van der Waals surface area (Å²) in [6, 6.07) is 0. The minimum atomic E-state index is -0.409. The van der Waals surface area contributed by atoms with Gasteiger partial charge in [0.15, 0.2) is 6.29 Å². The molecular formula is C13H19Br3O4. The van der Waals surface area contributed by atoms with Gasteiger partial charge in [0.2, 0.25) is 0 Å². The highest BCUT2D eigenvalue weighted by Crippen LogP contribution is 2.28. The quantitative estimate of drug-likeness (QED) is 0.319. The molecule has 3 atom stereocenters. The second kappa shape index (κ2) is 8.88. The Morgan fingerprint density at radius 3 is 2.30 bits per heavy atom. The molecule has 1 heterocycles. The molecule has 0 aromatic heterocycles. The van der Waals surface area contributed by atoms with Gasteiger partial charge in [-0.1, -0.05) is 47.8 Å². The zero-order valence-corrected chi connectivity index (χ0v) is 16.2.